The maximum absolute atomic E-state index is 12.1. The van der Waals surface area contributed by atoms with Gasteiger partial charge in [0.25, 0.3) is 0 Å². The fourth-order valence-electron chi connectivity index (χ4n) is 2.20. The Kier molecular flexibility index (Phi) is 4.47. The van der Waals surface area contributed by atoms with Gasteiger partial charge in [-0.05, 0) is 34.7 Å². The van der Waals surface area contributed by atoms with Crippen molar-refractivity contribution < 1.29 is 12.8 Å². The number of nitrogens with two attached hydrogens (primary N) is 1. The lowest BCUT2D eigenvalue weighted by atomic mass is 10.1. The molecule has 5 nitrogen and oxygen atoms in total. The van der Waals surface area contributed by atoms with E-state index in [-0.39, 0.29) is 16.1 Å². The number of halogens is 1. The Hall–Kier alpha value is -0.370. The lowest BCUT2D eigenvalue weighted by Gasteiger charge is -2.10. The summed E-state index contributed by atoms with van der Waals surface area (Å²) in [5.74, 6) is 0.905. The molecule has 1 fully saturated rings. The number of furan rings is 1. The second-order valence-electron chi connectivity index (χ2n) is 4.56. The molecule has 0 radical (unpaired) electrons. The van der Waals surface area contributed by atoms with Gasteiger partial charge in [-0.25, -0.2) is 13.1 Å². The van der Waals surface area contributed by atoms with Crippen molar-refractivity contribution in [1.29, 1.82) is 0 Å². The monoisotopic (exact) mass is 336 g/mol. The highest BCUT2D eigenvalue weighted by Crippen LogP contribution is 2.27. The Morgan fingerprint density at radius 3 is 2.67 bits per heavy atom. The predicted octanol–water partition coefficient (Wildman–Crippen LogP) is 1.97. The molecule has 0 saturated heterocycles. The molecule has 1 saturated carbocycles. The van der Waals surface area contributed by atoms with Gasteiger partial charge in [-0.15, -0.1) is 0 Å². The quantitative estimate of drug-likeness (QED) is 0.860. The van der Waals surface area contributed by atoms with Gasteiger partial charge in [0, 0.05) is 12.6 Å². The first-order valence-electron chi connectivity index (χ1n) is 6.01. The highest BCUT2D eigenvalue weighted by Gasteiger charge is 2.24. The Bertz CT molecular complexity index is 506. The highest BCUT2D eigenvalue weighted by atomic mass is 79.9. The molecule has 0 aromatic carbocycles. The molecular weight excluding hydrogens is 320 g/mol. The van der Waals surface area contributed by atoms with Crippen LogP contribution in [0, 0.1) is 5.92 Å². The van der Waals surface area contributed by atoms with Crippen LogP contribution in [0.25, 0.3) is 0 Å². The van der Waals surface area contributed by atoms with Crippen LogP contribution in [0.15, 0.2) is 20.0 Å². The minimum Gasteiger partial charge on any atom is -0.452 e. The van der Waals surface area contributed by atoms with Crippen LogP contribution in [0.2, 0.25) is 0 Å². The molecule has 0 bridgehead atoms. The molecule has 0 spiro atoms. The van der Waals surface area contributed by atoms with Crippen LogP contribution >= 0.6 is 15.9 Å². The first-order valence-corrected chi connectivity index (χ1v) is 8.28. The van der Waals surface area contributed by atoms with Gasteiger partial charge in [0.05, 0.1) is 6.54 Å². The van der Waals surface area contributed by atoms with E-state index in [4.69, 9.17) is 10.2 Å². The molecular formula is C11H17BrN2O3S. The molecule has 102 valence electrons. The Morgan fingerprint density at radius 2 is 2.11 bits per heavy atom. The first kappa shape index (κ1) is 14.0. The third-order valence-corrected chi connectivity index (χ3v) is 5.51. The van der Waals surface area contributed by atoms with E-state index in [0.29, 0.717) is 18.2 Å². The van der Waals surface area contributed by atoms with Crippen molar-refractivity contribution in [3.8, 4) is 0 Å². The third-order valence-electron chi connectivity index (χ3n) is 3.23. The van der Waals surface area contributed by atoms with Crippen LogP contribution in [0.3, 0.4) is 0 Å². The second-order valence-corrected chi connectivity index (χ2v) is 7.01. The van der Waals surface area contributed by atoms with Crippen molar-refractivity contribution in [3.63, 3.8) is 0 Å². The zero-order chi connectivity index (χ0) is 13.2. The molecule has 0 unspecified atom stereocenters. The van der Waals surface area contributed by atoms with Crippen LogP contribution in [0.4, 0.5) is 0 Å². The molecule has 3 N–H and O–H groups in total. The van der Waals surface area contributed by atoms with Crippen LogP contribution in [-0.2, 0) is 16.6 Å². The predicted molar refractivity (Wildman–Crippen MR) is 71.4 cm³/mol. The van der Waals surface area contributed by atoms with E-state index in [1.807, 2.05) is 0 Å². The summed E-state index contributed by atoms with van der Waals surface area (Å²) < 4.78 is 32.2. The van der Waals surface area contributed by atoms with E-state index in [9.17, 15) is 8.42 Å². The summed E-state index contributed by atoms with van der Waals surface area (Å²) in [4.78, 5) is 0.126. The number of hydrogen-bond acceptors (Lipinski definition) is 4. The lowest BCUT2D eigenvalue weighted by molar-refractivity contribution is 0.482. The SMILES string of the molecule is NCc1cc(S(=O)(=O)NCC2CCCC2)c(Br)o1. The smallest absolute Gasteiger partial charge is 0.244 e. The van der Waals surface area contributed by atoms with Crippen molar-refractivity contribution >= 4 is 26.0 Å². The van der Waals surface area contributed by atoms with Gasteiger partial charge in [-0.1, -0.05) is 12.8 Å². The molecule has 0 aliphatic heterocycles. The van der Waals surface area contributed by atoms with Gasteiger partial charge in [0.2, 0.25) is 10.0 Å². The minimum absolute atomic E-state index is 0.126. The molecule has 1 aromatic rings. The van der Waals surface area contributed by atoms with Crippen LogP contribution in [0.5, 0.6) is 0 Å². The number of hydrogen-bond donors (Lipinski definition) is 2. The van der Waals surface area contributed by atoms with E-state index in [2.05, 4.69) is 20.7 Å². The summed E-state index contributed by atoms with van der Waals surface area (Å²) in [6.07, 6.45) is 4.59. The van der Waals surface area contributed by atoms with Crippen molar-refractivity contribution in [2.75, 3.05) is 6.54 Å². The molecule has 1 aliphatic rings. The summed E-state index contributed by atoms with van der Waals surface area (Å²) >= 11 is 3.11. The van der Waals surface area contributed by atoms with E-state index in [1.165, 1.54) is 18.9 Å². The lowest BCUT2D eigenvalue weighted by Crippen LogP contribution is -2.28. The standard InChI is InChI=1S/C11H17BrN2O3S/c12-11-10(5-9(6-13)17-11)18(15,16)14-7-8-3-1-2-4-8/h5,8,14H,1-4,6-7,13H2. The molecule has 1 aromatic heterocycles. The fourth-order valence-corrected chi connectivity index (χ4v) is 4.31. The summed E-state index contributed by atoms with van der Waals surface area (Å²) in [6.45, 7) is 0.675. The Labute approximate surface area is 115 Å². The van der Waals surface area contributed by atoms with Crippen LogP contribution in [-0.4, -0.2) is 15.0 Å². The Morgan fingerprint density at radius 1 is 1.44 bits per heavy atom. The summed E-state index contributed by atoms with van der Waals surface area (Å²) in [6, 6.07) is 1.46. The minimum atomic E-state index is -3.51. The average molecular weight is 337 g/mol. The number of nitrogens with one attached hydrogen (secondary N) is 1. The van der Waals surface area contributed by atoms with E-state index < -0.39 is 10.0 Å². The fraction of sp³-hybridized carbons (Fsp3) is 0.636. The summed E-state index contributed by atoms with van der Waals surface area (Å²) in [5.41, 5.74) is 5.42. The summed E-state index contributed by atoms with van der Waals surface area (Å²) in [5, 5.41) is 0. The molecule has 1 aliphatic carbocycles. The largest absolute Gasteiger partial charge is 0.452 e. The van der Waals surface area contributed by atoms with Crippen molar-refractivity contribution in [2.45, 2.75) is 37.1 Å². The average Bonchev–Trinajstić information content (AvgIpc) is 2.95. The van der Waals surface area contributed by atoms with Gasteiger partial charge in [-0.3, -0.25) is 0 Å². The highest BCUT2D eigenvalue weighted by molar-refractivity contribution is 9.10. The molecule has 1 heterocycles. The van der Waals surface area contributed by atoms with Crippen molar-refractivity contribution in [2.24, 2.45) is 11.7 Å². The molecule has 0 amide bonds. The molecule has 2 rings (SSSR count). The maximum atomic E-state index is 12.1. The van der Waals surface area contributed by atoms with Gasteiger partial charge < -0.3 is 10.2 Å². The molecule has 0 atom stereocenters. The zero-order valence-electron chi connectivity index (χ0n) is 9.99. The summed E-state index contributed by atoms with van der Waals surface area (Å²) in [7, 11) is -3.51. The second kappa shape index (κ2) is 5.73. The topological polar surface area (TPSA) is 85.3 Å². The van der Waals surface area contributed by atoms with Gasteiger partial charge in [0.15, 0.2) is 4.67 Å². The van der Waals surface area contributed by atoms with E-state index >= 15 is 0 Å². The number of sulfonamides is 1. The first-order chi connectivity index (χ1) is 8.53. The molecule has 18 heavy (non-hydrogen) atoms. The van der Waals surface area contributed by atoms with Crippen LogP contribution in [0.1, 0.15) is 31.4 Å². The van der Waals surface area contributed by atoms with Gasteiger partial charge in [-0.2, -0.15) is 0 Å². The zero-order valence-corrected chi connectivity index (χ0v) is 12.4. The van der Waals surface area contributed by atoms with Crippen molar-refractivity contribution in [1.82, 2.24) is 4.72 Å². The van der Waals surface area contributed by atoms with Crippen LogP contribution < -0.4 is 10.5 Å². The third kappa shape index (κ3) is 3.14. The maximum Gasteiger partial charge on any atom is 0.244 e. The van der Waals surface area contributed by atoms with Gasteiger partial charge >= 0.3 is 0 Å². The van der Waals surface area contributed by atoms with E-state index in [1.54, 1.807) is 0 Å². The Balaban J connectivity index is 2.06. The van der Waals surface area contributed by atoms with E-state index in [0.717, 1.165) is 12.8 Å². The van der Waals surface area contributed by atoms with Gasteiger partial charge in [0.1, 0.15) is 10.7 Å². The number of rotatable bonds is 5. The molecule has 7 heteroatoms. The normalized spacial score (nSPS) is 17.4. The van der Waals surface area contributed by atoms with Crippen molar-refractivity contribution in [3.05, 3.63) is 16.5 Å².